The number of nitrogens with zero attached hydrogens (tertiary/aromatic N) is 3. The minimum Gasteiger partial charge on any atom is -0.385 e. The molecule has 2 unspecified atom stereocenters. The Morgan fingerprint density at radius 1 is 1.15 bits per heavy atom. The highest BCUT2D eigenvalue weighted by Gasteiger charge is 2.39. The second-order valence-corrected chi connectivity index (χ2v) is 8.48. The van der Waals surface area contributed by atoms with Gasteiger partial charge < -0.3 is 14.6 Å². The van der Waals surface area contributed by atoms with E-state index in [2.05, 4.69) is 46.6 Å². The molecule has 27 heavy (non-hydrogen) atoms. The summed E-state index contributed by atoms with van der Waals surface area (Å²) >= 11 is 0. The van der Waals surface area contributed by atoms with Crippen molar-refractivity contribution in [3.05, 3.63) is 65.1 Å². The summed E-state index contributed by atoms with van der Waals surface area (Å²) in [7, 11) is 2.21. The zero-order valence-corrected chi connectivity index (χ0v) is 16.2. The lowest BCUT2D eigenvalue weighted by Crippen LogP contribution is -2.28. The summed E-state index contributed by atoms with van der Waals surface area (Å²) in [6.07, 6.45) is 6.21. The van der Waals surface area contributed by atoms with Crippen LogP contribution in [0.5, 0.6) is 0 Å². The molecule has 4 heteroatoms. The zero-order valence-electron chi connectivity index (χ0n) is 16.2. The van der Waals surface area contributed by atoms with E-state index in [1.54, 1.807) is 12.4 Å². The van der Waals surface area contributed by atoms with Crippen molar-refractivity contribution in [3.8, 4) is 0 Å². The van der Waals surface area contributed by atoms with Gasteiger partial charge in [-0.25, -0.2) is 0 Å². The Morgan fingerprint density at radius 2 is 1.96 bits per heavy atom. The lowest BCUT2D eigenvalue weighted by atomic mass is 9.81. The molecule has 0 saturated heterocycles. The van der Waals surface area contributed by atoms with Crippen LogP contribution in [0.2, 0.25) is 0 Å². The minimum absolute atomic E-state index is 0.373. The van der Waals surface area contributed by atoms with Crippen LogP contribution in [-0.2, 0) is 18.7 Å². The maximum absolute atomic E-state index is 11.6. The topological polar surface area (TPSA) is 41.3 Å². The summed E-state index contributed by atoms with van der Waals surface area (Å²) in [5, 5.41) is 13.0. The van der Waals surface area contributed by atoms with Crippen molar-refractivity contribution in [1.29, 1.82) is 0 Å². The first kappa shape index (κ1) is 17.0. The fourth-order valence-corrected chi connectivity index (χ4v) is 5.22. The number of aromatic nitrogens is 2. The Balaban J connectivity index is 1.69. The third kappa shape index (κ3) is 2.70. The molecule has 1 aromatic carbocycles. The third-order valence-electron chi connectivity index (χ3n) is 6.59. The highest BCUT2D eigenvalue weighted by Crippen LogP contribution is 2.46. The molecule has 2 aliphatic rings. The molecular formula is C23H27N3O. The molecule has 0 spiro atoms. The van der Waals surface area contributed by atoms with E-state index in [9.17, 15) is 5.11 Å². The summed E-state index contributed by atoms with van der Waals surface area (Å²) in [5.41, 5.74) is 5.79. The minimum atomic E-state index is -0.788. The standard InChI is InChI=1S/C23H27N3O/c1-16-3-4-21-19(13-16)20-15-25(2)11-7-17-14-23(27,8-12-26(21)22(17)20)18-5-9-24-10-6-18/h3-6,9-10,13,17,27H,7-8,11-12,14-15H2,1-2H3. The van der Waals surface area contributed by atoms with Crippen LogP contribution in [0.3, 0.4) is 0 Å². The molecule has 2 aromatic heterocycles. The van der Waals surface area contributed by atoms with E-state index in [-0.39, 0.29) is 0 Å². The molecule has 4 nitrogen and oxygen atoms in total. The van der Waals surface area contributed by atoms with Crippen LogP contribution < -0.4 is 0 Å². The number of rotatable bonds is 1. The fourth-order valence-electron chi connectivity index (χ4n) is 5.22. The van der Waals surface area contributed by atoms with Gasteiger partial charge in [-0.3, -0.25) is 4.98 Å². The van der Waals surface area contributed by atoms with Crippen LogP contribution >= 0.6 is 0 Å². The number of fused-ring (bicyclic) bond motifs is 3. The molecule has 2 atom stereocenters. The SMILES string of the molecule is Cc1ccc2c(c1)c1c3n2CCC(O)(c2ccncc2)CC3CCN(C)C1. The van der Waals surface area contributed by atoms with E-state index in [4.69, 9.17) is 0 Å². The number of aryl methyl sites for hydroxylation is 2. The van der Waals surface area contributed by atoms with E-state index >= 15 is 0 Å². The van der Waals surface area contributed by atoms with Crippen molar-refractivity contribution >= 4 is 10.9 Å². The Hall–Kier alpha value is -2.17. The van der Waals surface area contributed by atoms with Crippen LogP contribution in [0.15, 0.2) is 42.7 Å². The number of hydrogen-bond donors (Lipinski definition) is 1. The van der Waals surface area contributed by atoms with E-state index in [1.165, 1.54) is 27.7 Å². The predicted octanol–water partition coefficient (Wildman–Crippen LogP) is 3.95. The van der Waals surface area contributed by atoms with Gasteiger partial charge in [0.25, 0.3) is 0 Å². The molecule has 3 aromatic rings. The molecule has 0 radical (unpaired) electrons. The van der Waals surface area contributed by atoms with E-state index in [0.29, 0.717) is 5.92 Å². The van der Waals surface area contributed by atoms with Gasteiger partial charge in [-0.2, -0.15) is 0 Å². The molecule has 0 bridgehead atoms. The predicted molar refractivity (Wildman–Crippen MR) is 108 cm³/mol. The highest BCUT2D eigenvalue weighted by molar-refractivity contribution is 5.86. The summed E-state index contributed by atoms with van der Waals surface area (Å²) in [5.74, 6) is 0.373. The van der Waals surface area contributed by atoms with Crippen molar-refractivity contribution < 1.29 is 5.11 Å². The van der Waals surface area contributed by atoms with Gasteiger partial charge in [0.15, 0.2) is 0 Å². The first-order valence-electron chi connectivity index (χ1n) is 9.98. The highest BCUT2D eigenvalue weighted by atomic mass is 16.3. The molecule has 0 aliphatic carbocycles. The van der Waals surface area contributed by atoms with Crippen LogP contribution in [-0.4, -0.2) is 33.1 Å². The maximum Gasteiger partial charge on any atom is 0.0921 e. The lowest BCUT2D eigenvalue weighted by Gasteiger charge is -2.30. The van der Waals surface area contributed by atoms with Gasteiger partial charge in [0.05, 0.1) is 5.60 Å². The van der Waals surface area contributed by atoms with Gasteiger partial charge in [-0.05, 0) is 75.2 Å². The summed E-state index contributed by atoms with van der Waals surface area (Å²) < 4.78 is 2.51. The van der Waals surface area contributed by atoms with Crippen molar-refractivity contribution in [2.75, 3.05) is 13.6 Å². The van der Waals surface area contributed by atoms with Crippen LogP contribution in [0, 0.1) is 6.92 Å². The molecule has 0 amide bonds. The molecular weight excluding hydrogens is 334 g/mol. The Morgan fingerprint density at radius 3 is 2.78 bits per heavy atom. The van der Waals surface area contributed by atoms with Gasteiger partial charge in [0.2, 0.25) is 0 Å². The average Bonchev–Trinajstić information content (AvgIpc) is 2.77. The summed E-state index contributed by atoms with van der Waals surface area (Å²) in [4.78, 5) is 6.57. The number of benzene rings is 1. The molecule has 5 rings (SSSR count). The maximum atomic E-state index is 11.6. The zero-order chi connectivity index (χ0) is 18.6. The second kappa shape index (κ2) is 6.18. The van der Waals surface area contributed by atoms with Crippen molar-refractivity contribution in [2.24, 2.45) is 0 Å². The normalized spacial score (nSPS) is 25.8. The molecule has 2 aliphatic heterocycles. The summed E-state index contributed by atoms with van der Waals surface area (Å²) in [6, 6.07) is 10.8. The molecule has 4 heterocycles. The van der Waals surface area contributed by atoms with Gasteiger partial charge in [-0.15, -0.1) is 0 Å². The average molecular weight is 361 g/mol. The van der Waals surface area contributed by atoms with Crippen molar-refractivity contribution in [3.63, 3.8) is 0 Å². The summed E-state index contributed by atoms with van der Waals surface area (Å²) in [6.45, 7) is 5.09. The Labute approximate surface area is 160 Å². The van der Waals surface area contributed by atoms with Crippen molar-refractivity contribution in [1.82, 2.24) is 14.5 Å². The van der Waals surface area contributed by atoms with Crippen molar-refractivity contribution in [2.45, 2.75) is 50.8 Å². The second-order valence-electron chi connectivity index (χ2n) is 8.48. The first-order chi connectivity index (χ1) is 13.0. The van der Waals surface area contributed by atoms with Crippen LogP contribution in [0.4, 0.5) is 0 Å². The lowest BCUT2D eigenvalue weighted by molar-refractivity contribution is 0.0118. The van der Waals surface area contributed by atoms with E-state index in [1.807, 2.05) is 12.1 Å². The molecule has 0 saturated carbocycles. The number of pyridine rings is 1. The Bertz CT molecular complexity index is 994. The largest absolute Gasteiger partial charge is 0.385 e. The molecule has 140 valence electrons. The van der Waals surface area contributed by atoms with Gasteiger partial charge in [-0.1, -0.05) is 11.6 Å². The fraction of sp³-hybridized carbons (Fsp3) is 0.435. The van der Waals surface area contributed by atoms with Gasteiger partial charge >= 0.3 is 0 Å². The van der Waals surface area contributed by atoms with E-state index in [0.717, 1.165) is 44.5 Å². The van der Waals surface area contributed by atoms with Crippen LogP contribution in [0.25, 0.3) is 10.9 Å². The van der Waals surface area contributed by atoms with Crippen LogP contribution in [0.1, 0.15) is 47.6 Å². The third-order valence-corrected chi connectivity index (χ3v) is 6.59. The monoisotopic (exact) mass is 361 g/mol. The smallest absolute Gasteiger partial charge is 0.0921 e. The molecule has 0 fully saturated rings. The first-order valence-corrected chi connectivity index (χ1v) is 9.98. The Kier molecular flexibility index (Phi) is 3.88. The number of aliphatic hydroxyl groups is 1. The van der Waals surface area contributed by atoms with Gasteiger partial charge in [0.1, 0.15) is 0 Å². The molecule has 1 N–H and O–H groups in total. The van der Waals surface area contributed by atoms with E-state index < -0.39 is 5.60 Å². The van der Waals surface area contributed by atoms with Gasteiger partial charge in [0, 0.05) is 48.0 Å². The quantitative estimate of drug-likeness (QED) is 0.714. The number of hydrogen-bond acceptors (Lipinski definition) is 3.